The number of hydrogen-bond donors (Lipinski definition) is 0. The maximum absolute atomic E-state index is 14.0. The zero-order valence-electron chi connectivity index (χ0n) is 10.9. The van der Waals surface area contributed by atoms with E-state index in [1.807, 2.05) is 0 Å². The first-order chi connectivity index (χ1) is 9.84. The SMILES string of the molecule is COc1cc(C(F)(F)F)cc(F)c1C(=O)c1ccccc1. The van der Waals surface area contributed by atoms with Crippen LogP contribution in [-0.2, 0) is 6.18 Å². The predicted molar refractivity (Wildman–Crippen MR) is 67.8 cm³/mol. The van der Waals surface area contributed by atoms with Crippen molar-refractivity contribution in [3.8, 4) is 5.75 Å². The molecule has 0 radical (unpaired) electrons. The first kappa shape index (κ1) is 15.0. The van der Waals surface area contributed by atoms with Crippen molar-refractivity contribution < 1.29 is 27.1 Å². The minimum absolute atomic E-state index is 0.162. The molecule has 0 saturated carbocycles. The number of hydrogen-bond acceptors (Lipinski definition) is 2. The van der Waals surface area contributed by atoms with Crippen LogP contribution in [-0.4, -0.2) is 12.9 Å². The molecule has 0 unspecified atom stereocenters. The summed E-state index contributed by atoms with van der Waals surface area (Å²) in [6.45, 7) is 0. The van der Waals surface area contributed by atoms with Crippen LogP contribution in [0.1, 0.15) is 21.5 Å². The Kier molecular flexibility index (Phi) is 3.97. The largest absolute Gasteiger partial charge is 0.496 e. The highest BCUT2D eigenvalue weighted by Gasteiger charge is 2.33. The highest BCUT2D eigenvalue weighted by molar-refractivity contribution is 6.10. The van der Waals surface area contributed by atoms with E-state index in [-0.39, 0.29) is 5.56 Å². The van der Waals surface area contributed by atoms with Gasteiger partial charge >= 0.3 is 6.18 Å². The number of ether oxygens (including phenoxy) is 1. The second kappa shape index (κ2) is 5.55. The van der Waals surface area contributed by atoms with Crippen LogP contribution in [0.3, 0.4) is 0 Å². The highest BCUT2D eigenvalue weighted by atomic mass is 19.4. The molecule has 0 fully saturated rings. The number of carbonyl (C=O) groups excluding carboxylic acids is 1. The van der Waals surface area contributed by atoms with Gasteiger partial charge in [-0.1, -0.05) is 30.3 Å². The Morgan fingerprint density at radius 1 is 1.10 bits per heavy atom. The molecule has 0 aliphatic rings. The van der Waals surface area contributed by atoms with Crippen LogP contribution in [0.4, 0.5) is 17.6 Å². The average Bonchev–Trinajstić information content (AvgIpc) is 2.45. The molecule has 0 aromatic heterocycles. The van der Waals surface area contributed by atoms with E-state index in [2.05, 4.69) is 0 Å². The lowest BCUT2D eigenvalue weighted by atomic mass is 10.00. The van der Waals surface area contributed by atoms with Crippen LogP contribution >= 0.6 is 0 Å². The number of ketones is 1. The minimum Gasteiger partial charge on any atom is -0.496 e. The molecule has 2 rings (SSSR count). The smallest absolute Gasteiger partial charge is 0.416 e. The van der Waals surface area contributed by atoms with E-state index >= 15 is 0 Å². The van der Waals surface area contributed by atoms with Gasteiger partial charge in [-0.25, -0.2) is 4.39 Å². The Bertz CT molecular complexity index is 663. The van der Waals surface area contributed by atoms with Gasteiger partial charge in [0.2, 0.25) is 0 Å². The van der Waals surface area contributed by atoms with Gasteiger partial charge in [-0.15, -0.1) is 0 Å². The maximum atomic E-state index is 14.0. The number of methoxy groups -OCH3 is 1. The fourth-order valence-corrected chi connectivity index (χ4v) is 1.86. The lowest BCUT2D eigenvalue weighted by molar-refractivity contribution is -0.137. The Morgan fingerprint density at radius 3 is 2.24 bits per heavy atom. The lowest BCUT2D eigenvalue weighted by Gasteiger charge is -2.13. The molecular formula is C15H10F4O2. The van der Waals surface area contributed by atoms with Gasteiger partial charge in [0, 0.05) is 5.56 Å². The second-order valence-corrected chi connectivity index (χ2v) is 4.23. The molecule has 0 aliphatic heterocycles. The Hall–Kier alpha value is -2.37. The monoisotopic (exact) mass is 298 g/mol. The van der Waals surface area contributed by atoms with Crippen LogP contribution in [0.25, 0.3) is 0 Å². The van der Waals surface area contributed by atoms with Gasteiger partial charge in [-0.3, -0.25) is 4.79 Å². The van der Waals surface area contributed by atoms with Gasteiger partial charge in [0.15, 0.2) is 5.78 Å². The number of halogens is 4. The summed E-state index contributed by atoms with van der Waals surface area (Å²) in [5.74, 6) is -2.45. The second-order valence-electron chi connectivity index (χ2n) is 4.23. The van der Waals surface area contributed by atoms with E-state index < -0.39 is 34.7 Å². The van der Waals surface area contributed by atoms with Crippen molar-refractivity contribution in [1.82, 2.24) is 0 Å². The first-order valence-corrected chi connectivity index (χ1v) is 5.89. The number of carbonyl (C=O) groups is 1. The predicted octanol–water partition coefficient (Wildman–Crippen LogP) is 4.08. The molecule has 0 bridgehead atoms. The fraction of sp³-hybridized carbons (Fsp3) is 0.133. The Morgan fingerprint density at radius 2 is 1.71 bits per heavy atom. The van der Waals surface area contributed by atoms with Crippen molar-refractivity contribution in [2.75, 3.05) is 7.11 Å². The molecule has 0 spiro atoms. The molecule has 2 aromatic rings. The molecule has 2 nitrogen and oxygen atoms in total. The summed E-state index contributed by atoms with van der Waals surface area (Å²) in [4.78, 5) is 12.2. The van der Waals surface area contributed by atoms with Crippen molar-refractivity contribution in [2.45, 2.75) is 6.18 Å². The highest BCUT2D eigenvalue weighted by Crippen LogP contribution is 2.35. The molecule has 0 amide bonds. The van der Waals surface area contributed by atoms with E-state index in [0.29, 0.717) is 12.1 Å². The molecule has 0 N–H and O–H groups in total. The van der Waals surface area contributed by atoms with Gasteiger partial charge in [0.1, 0.15) is 17.1 Å². The number of benzene rings is 2. The Balaban J connectivity index is 2.57. The first-order valence-electron chi connectivity index (χ1n) is 5.89. The normalized spacial score (nSPS) is 11.3. The van der Waals surface area contributed by atoms with Gasteiger partial charge in [0.25, 0.3) is 0 Å². The summed E-state index contributed by atoms with van der Waals surface area (Å²) in [6, 6.07) is 8.59. The van der Waals surface area contributed by atoms with Crippen molar-refractivity contribution in [3.05, 3.63) is 65.0 Å². The maximum Gasteiger partial charge on any atom is 0.416 e. The van der Waals surface area contributed by atoms with Gasteiger partial charge in [-0.05, 0) is 12.1 Å². The summed E-state index contributed by atoms with van der Waals surface area (Å²) >= 11 is 0. The molecular weight excluding hydrogens is 288 g/mol. The van der Waals surface area contributed by atoms with Crippen LogP contribution in [0.15, 0.2) is 42.5 Å². The standard InChI is InChI=1S/C15H10F4O2/c1-21-12-8-10(15(17,18)19)7-11(16)13(12)14(20)9-5-3-2-4-6-9/h2-8H,1H3. The lowest BCUT2D eigenvalue weighted by Crippen LogP contribution is -2.11. The third-order valence-corrected chi connectivity index (χ3v) is 2.86. The van der Waals surface area contributed by atoms with Gasteiger partial charge in [-0.2, -0.15) is 13.2 Å². The van der Waals surface area contributed by atoms with Crippen LogP contribution in [0.5, 0.6) is 5.75 Å². The molecule has 0 saturated heterocycles. The molecule has 110 valence electrons. The van der Waals surface area contributed by atoms with Crippen molar-refractivity contribution >= 4 is 5.78 Å². The van der Waals surface area contributed by atoms with E-state index in [1.165, 1.54) is 12.1 Å². The zero-order chi connectivity index (χ0) is 15.6. The summed E-state index contributed by atoms with van der Waals surface area (Å²) in [7, 11) is 1.08. The minimum atomic E-state index is -4.72. The molecule has 6 heteroatoms. The van der Waals surface area contributed by atoms with Crippen molar-refractivity contribution in [2.24, 2.45) is 0 Å². The Labute approximate surface area is 118 Å². The molecule has 0 atom stereocenters. The molecule has 0 aliphatic carbocycles. The van der Waals surface area contributed by atoms with Crippen molar-refractivity contribution in [1.29, 1.82) is 0 Å². The fourth-order valence-electron chi connectivity index (χ4n) is 1.86. The summed E-state index contributed by atoms with van der Waals surface area (Å²) < 4.78 is 56.6. The topological polar surface area (TPSA) is 26.3 Å². The molecule has 0 heterocycles. The van der Waals surface area contributed by atoms with E-state index in [4.69, 9.17) is 4.74 Å². The number of rotatable bonds is 3. The zero-order valence-corrected chi connectivity index (χ0v) is 10.9. The van der Waals surface area contributed by atoms with E-state index in [0.717, 1.165) is 7.11 Å². The van der Waals surface area contributed by atoms with Gasteiger partial charge < -0.3 is 4.74 Å². The molecule has 2 aromatic carbocycles. The van der Waals surface area contributed by atoms with Crippen LogP contribution in [0.2, 0.25) is 0 Å². The van der Waals surface area contributed by atoms with E-state index in [9.17, 15) is 22.4 Å². The summed E-state index contributed by atoms with van der Waals surface area (Å²) in [5, 5.41) is 0. The third kappa shape index (κ3) is 3.04. The molecule has 21 heavy (non-hydrogen) atoms. The quantitative estimate of drug-likeness (QED) is 0.630. The van der Waals surface area contributed by atoms with Crippen LogP contribution in [0, 0.1) is 5.82 Å². The third-order valence-electron chi connectivity index (χ3n) is 2.86. The van der Waals surface area contributed by atoms with Crippen LogP contribution < -0.4 is 4.74 Å². The summed E-state index contributed by atoms with van der Waals surface area (Å²) in [6.07, 6.45) is -4.72. The van der Waals surface area contributed by atoms with E-state index in [1.54, 1.807) is 18.2 Å². The van der Waals surface area contributed by atoms with Gasteiger partial charge in [0.05, 0.1) is 12.7 Å². The average molecular weight is 298 g/mol. The summed E-state index contributed by atoms with van der Waals surface area (Å²) in [5.41, 5.74) is -1.56. The number of alkyl halides is 3. The van der Waals surface area contributed by atoms with Crippen molar-refractivity contribution in [3.63, 3.8) is 0 Å².